The molecule has 9 nitrogen and oxygen atoms in total. The number of likely N-dealkylation sites (N-methyl/N-ethyl adjacent to an activating group) is 1. The average molecular weight is 1000 g/mol. The molecular formula is C62H115NO8. The van der Waals surface area contributed by atoms with Crippen molar-refractivity contribution in [3.63, 3.8) is 0 Å². The highest BCUT2D eigenvalue weighted by molar-refractivity contribution is 5.70. The van der Waals surface area contributed by atoms with E-state index in [1.165, 1.54) is 193 Å². The van der Waals surface area contributed by atoms with Gasteiger partial charge in [-0.1, -0.05) is 256 Å². The van der Waals surface area contributed by atoms with Gasteiger partial charge in [-0.05, 0) is 51.4 Å². The third-order valence-electron chi connectivity index (χ3n) is 13.4. The zero-order valence-electron chi connectivity index (χ0n) is 47.4. The highest BCUT2D eigenvalue weighted by Gasteiger charge is 2.22. The standard InChI is InChI=1S/C62H115NO8/c1-6-8-10-12-14-16-18-20-22-24-26-28-30-32-34-36-38-40-42-44-46-48-50-52-59(64)69-56-58(57-70-62(61(66)67)68-55-54-63(3,4)5)71-60(65)53-51-49-47-45-43-41-39-37-35-33-31-29-27-25-23-21-19-17-15-13-11-9-7-2/h19,21,25,27,31,33,58,62H,6-18,20,22-24,26,28-30,32,34-57H2,1-5H3/b21-19-,27-25-,33-31-. The summed E-state index contributed by atoms with van der Waals surface area (Å²) in [7, 11) is 5.93. The number of ether oxygens (including phenoxy) is 4. The average Bonchev–Trinajstić information content (AvgIpc) is 3.34. The van der Waals surface area contributed by atoms with Crippen LogP contribution in [0.5, 0.6) is 0 Å². The summed E-state index contributed by atoms with van der Waals surface area (Å²) in [6.07, 6.45) is 61.9. The first-order valence-corrected chi connectivity index (χ1v) is 30.1. The van der Waals surface area contributed by atoms with Gasteiger partial charge in [0.1, 0.15) is 13.2 Å². The lowest BCUT2D eigenvalue weighted by Gasteiger charge is -2.26. The number of hydrogen-bond acceptors (Lipinski definition) is 8. The van der Waals surface area contributed by atoms with Crippen LogP contribution in [0.4, 0.5) is 0 Å². The highest BCUT2D eigenvalue weighted by Crippen LogP contribution is 2.17. The molecule has 71 heavy (non-hydrogen) atoms. The number of carboxylic acids is 1. The summed E-state index contributed by atoms with van der Waals surface area (Å²) in [5.74, 6) is -2.28. The van der Waals surface area contributed by atoms with E-state index in [0.717, 1.165) is 57.8 Å². The number of carbonyl (C=O) groups is 3. The van der Waals surface area contributed by atoms with Crippen molar-refractivity contribution in [1.82, 2.24) is 0 Å². The third kappa shape index (κ3) is 55.1. The van der Waals surface area contributed by atoms with Crippen LogP contribution in [0.1, 0.15) is 284 Å². The predicted molar refractivity (Wildman–Crippen MR) is 297 cm³/mol. The molecule has 0 N–H and O–H groups in total. The zero-order valence-corrected chi connectivity index (χ0v) is 47.4. The molecular weight excluding hydrogens is 887 g/mol. The van der Waals surface area contributed by atoms with Crippen LogP contribution in [0.2, 0.25) is 0 Å². The molecule has 0 radical (unpaired) electrons. The summed E-state index contributed by atoms with van der Waals surface area (Å²) in [6, 6.07) is 0. The maximum absolute atomic E-state index is 12.9. The molecule has 0 rings (SSSR count). The molecule has 0 saturated heterocycles. The minimum Gasteiger partial charge on any atom is -0.545 e. The van der Waals surface area contributed by atoms with Gasteiger partial charge in [-0.15, -0.1) is 0 Å². The maximum Gasteiger partial charge on any atom is 0.306 e. The first-order valence-electron chi connectivity index (χ1n) is 30.1. The van der Waals surface area contributed by atoms with Crippen LogP contribution >= 0.6 is 0 Å². The Kier molecular flexibility index (Phi) is 51.9. The van der Waals surface area contributed by atoms with Gasteiger partial charge in [-0.3, -0.25) is 9.59 Å². The van der Waals surface area contributed by atoms with E-state index >= 15 is 0 Å². The molecule has 0 fully saturated rings. The Bertz CT molecular complexity index is 1260. The predicted octanol–water partition coefficient (Wildman–Crippen LogP) is 16.3. The third-order valence-corrected chi connectivity index (χ3v) is 13.4. The highest BCUT2D eigenvalue weighted by atomic mass is 16.7. The van der Waals surface area contributed by atoms with Crippen molar-refractivity contribution in [1.29, 1.82) is 0 Å². The molecule has 2 atom stereocenters. The van der Waals surface area contributed by atoms with Crippen LogP contribution in [-0.4, -0.2) is 82.3 Å². The first kappa shape index (κ1) is 68.5. The van der Waals surface area contributed by atoms with E-state index in [4.69, 9.17) is 18.9 Å². The van der Waals surface area contributed by atoms with Gasteiger partial charge in [-0.25, -0.2) is 0 Å². The molecule has 0 spiro atoms. The van der Waals surface area contributed by atoms with Gasteiger partial charge in [0.05, 0.1) is 40.3 Å². The zero-order chi connectivity index (χ0) is 52.0. The first-order chi connectivity index (χ1) is 34.6. The number of aliphatic carboxylic acids is 1. The lowest BCUT2D eigenvalue weighted by Crippen LogP contribution is -2.44. The van der Waals surface area contributed by atoms with Gasteiger partial charge in [0.15, 0.2) is 12.4 Å². The minimum absolute atomic E-state index is 0.147. The number of allylic oxidation sites excluding steroid dienone is 6. The molecule has 0 aromatic heterocycles. The second-order valence-corrected chi connectivity index (χ2v) is 21.6. The lowest BCUT2D eigenvalue weighted by molar-refractivity contribution is -0.870. The molecule has 0 amide bonds. The Morgan fingerprint density at radius 2 is 0.761 bits per heavy atom. The number of nitrogens with zero attached hydrogens (tertiary/aromatic N) is 1. The van der Waals surface area contributed by atoms with E-state index in [1.807, 2.05) is 21.1 Å². The molecule has 0 aromatic carbocycles. The molecule has 0 heterocycles. The minimum atomic E-state index is -1.62. The van der Waals surface area contributed by atoms with Crippen LogP contribution in [0.3, 0.4) is 0 Å². The molecule has 2 unspecified atom stereocenters. The van der Waals surface area contributed by atoms with Gasteiger partial charge in [-0.2, -0.15) is 0 Å². The van der Waals surface area contributed by atoms with Crippen molar-refractivity contribution in [3.8, 4) is 0 Å². The second-order valence-electron chi connectivity index (χ2n) is 21.6. The SMILES string of the molecule is CCCCCCC/C=C\C/C=C\C/C=C\CCCCCCCCCCC(=O)OC(COC(=O)CCCCCCCCCCCCCCCCCCCCCCCCC)COC(OCC[N+](C)(C)C)C(=O)[O-]. The number of hydrogen-bond donors (Lipinski definition) is 0. The van der Waals surface area contributed by atoms with E-state index in [9.17, 15) is 19.5 Å². The van der Waals surface area contributed by atoms with Gasteiger partial charge >= 0.3 is 11.9 Å². The Morgan fingerprint density at radius 1 is 0.423 bits per heavy atom. The van der Waals surface area contributed by atoms with Crippen molar-refractivity contribution in [2.75, 3.05) is 47.5 Å². The van der Waals surface area contributed by atoms with E-state index in [-0.39, 0.29) is 32.2 Å². The van der Waals surface area contributed by atoms with Gasteiger partial charge < -0.3 is 33.3 Å². The van der Waals surface area contributed by atoms with E-state index in [1.54, 1.807) is 0 Å². The number of carboxylic acid groups (broad SMARTS) is 1. The van der Waals surface area contributed by atoms with Crippen LogP contribution in [0.15, 0.2) is 36.5 Å². The fraction of sp³-hybridized carbons (Fsp3) is 0.855. The van der Waals surface area contributed by atoms with E-state index in [2.05, 4.69) is 50.3 Å². The largest absolute Gasteiger partial charge is 0.545 e. The van der Waals surface area contributed by atoms with E-state index < -0.39 is 24.3 Å². The number of unbranched alkanes of at least 4 members (excludes halogenated alkanes) is 35. The summed E-state index contributed by atoms with van der Waals surface area (Å²) < 4.78 is 22.7. The smallest absolute Gasteiger partial charge is 0.306 e. The Morgan fingerprint density at radius 3 is 1.13 bits per heavy atom. The molecule has 0 aliphatic heterocycles. The van der Waals surface area contributed by atoms with Gasteiger partial charge in [0, 0.05) is 12.8 Å². The van der Waals surface area contributed by atoms with Crippen LogP contribution in [-0.2, 0) is 33.3 Å². The monoisotopic (exact) mass is 1000 g/mol. The maximum atomic E-state index is 12.9. The second kappa shape index (κ2) is 53.8. The number of esters is 2. The molecule has 0 aliphatic rings. The van der Waals surface area contributed by atoms with Crippen LogP contribution in [0.25, 0.3) is 0 Å². The normalized spacial score (nSPS) is 13.0. The van der Waals surface area contributed by atoms with Crippen molar-refractivity contribution >= 4 is 17.9 Å². The molecule has 416 valence electrons. The number of carbonyl (C=O) groups excluding carboxylic acids is 3. The molecule has 0 bridgehead atoms. The Hall–Kier alpha value is -2.49. The quantitative estimate of drug-likeness (QED) is 0.0195. The van der Waals surface area contributed by atoms with Crippen molar-refractivity contribution in [3.05, 3.63) is 36.5 Å². The van der Waals surface area contributed by atoms with Crippen molar-refractivity contribution in [2.45, 2.75) is 296 Å². The Labute approximate surface area is 439 Å². The molecule has 9 heteroatoms. The summed E-state index contributed by atoms with van der Waals surface area (Å²) in [5, 5.41) is 11.8. The summed E-state index contributed by atoms with van der Waals surface area (Å²) in [6.45, 7) is 4.77. The van der Waals surface area contributed by atoms with Crippen LogP contribution in [0, 0.1) is 0 Å². The molecule has 0 saturated carbocycles. The topological polar surface area (TPSA) is 111 Å². The Balaban J connectivity index is 4.22. The van der Waals surface area contributed by atoms with Crippen molar-refractivity contribution in [2.24, 2.45) is 0 Å². The lowest BCUT2D eigenvalue weighted by atomic mass is 10.0. The van der Waals surface area contributed by atoms with Gasteiger partial charge in [0.2, 0.25) is 0 Å². The fourth-order valence-corrected chi connectivity index (χ4v) is 8.72. The summed E-state index contributed by atoms with van der Waals surface area (Å²) in [4.78, 5) is 37.3. The van der Waals surface area contributed by atoms with Gasteiger partial charge in [0.25, 0.3) is 0 Å². The summed E-state index contributed by atoms with van der Waals surface area (Å²) in [5.41, 5.74) is 0. The number of quaternary nitrogens is 1. The van der Waals surface area contributed by atoms with Crippen molar-refractivity contribution < 1.29 is 42.9 Å². The molecule has 0 aliphatic carbocycles. The fourth-order valence-electron chi connectivity index (χ4n) is 8.72. The molecule has 0 aromatic rings. The summed E-state index contributed by atoms with van der Waals surface area (Å²) >= 11 is 0. The van der Waals surface area contributed by atoms with Crippen LogP contribution < -0.4 is 5.11 Å². The number of rotatable bonds is 56. The van der Waals surface area contributed by atoms with E-state index in [0.29, 0.717) is 23.9 Å².